The zero-order valence-electron chi connectivity index (χ0n) is 19.3. The fraction of sp³-hybridized carbons (Fsp3) is 0.111. The standard InChI is InChI=1S/C27H25N3O4S/c1-19-16-23(17-20(2)30(19)18-21-8-4-3-5-9-21)28-29-35(33,34)24-14-12-22(13-15-24)25-10-6-7-11-26(25)27(31)32/h3-17,29H,18H2,1-2H3,(H,31,32). The smallest absolute Gasteiger partial charge is 0.336 e. The second-order valence-electron chi connectivity index (χ2n) is 8.15. The minimum Gasteiger partial charge on any atom is -0.478 e. The van der Waals surface area contributed by atoms with E-state index >= 15 is 0 Å². The van der Waals surface area contributed by atoms with Gasteiger partial charge in [0.05, 0.1) is 15.8 Å². The van der Waals surface area contributed by atoms with Crippen molar-refractivity contribution in [3.8, 4) is 11.1 Å². The first-order valence-corrected chi connectivity index (χ1v) is 12.4. The van der Waals surface area contributed by atoms with Crippen LogP contribution < -0.4 is 10.2 Å². The van der Waals surface area contributed by atoms with E-state index in [1.54, 1.807) is 30.3 Å². The minimum absolute atomic E-state index is 0.0290. The van der Waals surface area contributed by atoms with Crippen molar-refractivity contribution in [2.45, 2.75) is 25.3 Å². The SMILES string of the molecule is Cc1cc(=NNS(=O)(=O)c2ccc(-c3ccccc3C(=O)O)cc2)cc(C)n1Cc1ccccc1. The van der Waals surface area contributed by atoms with Gasteiger partial charge in [-0.2, -0.15) is 18.4 Å². The number of aromatic carboxylic acids is 1. The van der Waals surface area contributed by atoms with Gasteiger partial charge in [0.15, 0.2) is 0 Å². The molecule has 0 unspecified atom stereocenters. The molecule has 35 heavy (non-hydrogen) atoms. The van der Waals surface area contributed by atoms with Gasteiger partial charge in [-0.1, -0.05) is 60.7 Å². The highest BCUT2D eigenvalue weighted by Gasteiger charge is 2.15. The Hall–Kier alpha value is -4.17. The zero-order chi connectivity index (χ0) is 25.0. The molecular weight excluding hydrogens is 462 g/mol. The van der Waals surface area contributed by atoms with Gasteiger partial charge in [-0.15, -0.1) is 0 Å². The summed E-state index contributed by atoms with van der Waals surface area (Å²) in [6.07, 6.45) is 0. The molecule has 0 atom stereocenters. The highest BCUT2D eigenvalue weighted by molar-refractivity contribution is 7.89. The Bertz CT molecular complexity index is 1520. The van der Waals surface area contributed by atoms with Crippen LogP contribution in [0, 0.1) is 13.8 Å². The molecule has 8 heteroatoms. The number of nitrogens with zero attached hydrogens (tertiary/aromatic N) is 2. The van der Waals surface area contributed by atoms with E-state index in [1.165, 1.54) is 23.8 Å². The number of sulfonamides is 1. The highest BCUT2D eigenvalue weighted by Crippen LogP contribution is 2.25. The predicted octanol–water partition coefficient (Wildman–Crippen LogP) is 4.31. The summed E-state index contributed by atoms with van der Waals surface area (Å²) in [6, 6.07) is 26.3. The molecule has 0 saturated heterocycles. The van der Waals surface area contributed by atoms with Gasteiger partial charge in [-0.3, -0.25) is 0 Å². The molecule has 178 valence electrons. The Balaban J connectivity index is 1.56. The number of nitrogens with one attached hydrogen (secondary N) is 1. The summed E-state index contributed by atoms with van der Waals surface area (Å²) < 4.78 is 27.7. The van der Waals surface area contributed by atoms with Crippen molar-refractivity contribution in [1.82, 2.24) is 9.40 Å². The van der Waals surface area contributed by atoms with Crippen LogP contribution in [0.4, 0.5) is 0 Å². The monoisotopic (exact) mass is 487 g/mol. The van der Waals surface area contributed by atoms with E-state index in [0.717, 1.165) is 11.4 Å². The number of rotatable bonds is 7. The first-order valence-electron chi connectivity index (χ1n) is 10.9. The molecular formula is C27H25N3O4S. The molecule has 0 aliphatic heterocycles. The van der Waals surface area contributed by atoms with Gasteiger partial charge in [0.1, 0.15) is 0 Å². The number of pyridine rings is 1. The van der Waals surface area contributed by atoms with Gasteiger partial charge < -0.3 is 9.67 Å². The van der Waals surface area contributed by atoms with E-state index in [9.17, 15) is 18.3 Å². The van der Waals surface area contributed by atoms with Gasteiger partial charge in [0.25, 0.3) is 10.0 Å². The fourth-order valence-electron chi connectivity index (χ4n) is 3.88. The topological polar surface area (TPSA) is 101 Å². The van der Waals surface area contributed by atoms with Crippen molar-refractivity contribution in [1.29, 1.82) is 0 Å². The van der Waals surface area contributed by atoms with Crippen LogP contribution in [0.1, 0.15) is 27.3 Å². The molecule has 0 aliphatic carbocycles. The van der Waals surface area contributed by atoms with Gasteiger partial charge in [-0.05, 0) is 60.9 Å². The van der Waals surface area contributed by atoms with Crippen molar-refractivity contribution in [3.05, 3.63) is 119 Å². The Morgan fingerprint density at radius 2 is 1.49 bits per heavy atom. The summed E-state index contributed by atoms with van der Waals surface area (Å²) in [5.41, 5.74) is 4.34. The fourth-order valence-corrected chi connectivity index (χ4v) is 4.71. The number of carbonyl (C=O) groups is 1. The maximum absolute atomic E-state index is 12.8. The van der Waals surface area contributed by atoms with Crippen LogP contribution in [-0.4, -0.2) is 24.1 Å². The van der Waals surface area contributed by atoms with Crippen molar-refractivity contribution in [3.63, 3.8) is 0 Å². The average Bonchev–Trinajstić information content (AvgIpc) is 2.86. The van der Waals surface area contributed by atoms with Gasteiger partial charge in [0, 0.05) is 17.9 Å². The summed E-state index contributed by atoms with van der Waals surface area (Å²) in [7, 11) is -3.91. The van der Waals surface area contributed by atoms with Crippen LogP contribution in [0.15, 0.2) is 101 Å². The molecule has 4 aromatic rings. The molecule has 0 aliphatic rings. The Kier molecular flexibility index (Phi) is 6.84. The van der Waals surface area contributed by atoms with Gasteiger partial charge >= 0.3 is 5.97 Å². The molecule has 0 fully saturated rings. The summed E-state index contributed by atoms with van der Waals surface area (Å²) in [6.45, 7) is 4.62. The second kappa shape index (κ2) is 9.99. The first-order chi connectivity index (χ1) is 16.7. The summed E-state index contributed by atoms with van der Waals surface area (Å²) >= 11 is 0. The third-order valence-corrected chi connectivity index (χ3v) is 6.90. The number of carboxylic acids is 1. The Labute approximate surface area is 204 Å². The van der Waals surface area contributed by atoms with Crippen LogP contribution >= 0.6 is 0 Å². The summed E-state index contributed by atoms with van der Waals surface area (Å²) in [4.78, 5) is 13.8. The zero-order valence-corrected chi connectivity index (χ0v) is 20.2. The molecule has 3 aromatic carbocycles. The Morgan fingerprint density at radius 3 is 2.11 bits per heavy atom. The van der Waals surface area contributed by atoms with Gasteiger partial charge in [-0.25, -0.2) is 4.79 Å². The van der Waals surface area contributed by atoms with E-state index in [4.69, 9.17) is 0 Å². The molecule has 1 aromatic heterocycles. The molecule has 0 saturated carbocycles. The number of hydrogen-bond acceptors (Lipinski definition) is 4. The minimum atomic E-state index is -3.91. The highest BCUT2D eigenvalue weighted by atomic mass is 32.2. The largest absolute Gasteiger partial charge is 0.478 e. The average molecular weight is 488 g/mol. The predicted molar refractivity (Wildman–Crippen MR) is 134 cm³/mol. The van der Waals surface area contributed by atoms with Crippen molar-refractivity contribution >= 4 is 16.0 Å². The molecule has 0 spiro atoms. The lowest BCUT2D eigenvalue weighted by Gasteiger charge is -2.15. The Morgan fingerprint density at radius 1 is 0.886 bits per heavy atom. The van der Waals surface area contributed by atoms with Crippen molar-refractivity contribution < 1.29 is 18.3 Å². The van der Waals surface area contributed by atoms with E-state index in [1.807, 2.05) is 44.2 Å². The van der Waals surface area contributed by atoms with Crippen LogP contribution in [0.3, 0.4) is 0 Å². The molecule has 7 nitrogen and oxygen atoms in total. The van der Waals surface area contributed by atoms with Crippen LogP contribution in [0.5, 0.6) is 0 Å². The third kappa shape index (κ3) is 5.50. The quantitative estimate of drug-likeness (QED) is 0.379. The number of hydrogen-bond donors (Lipinski definition) is 2. The maximum Gasteiger partial charge on any atom is 0.336 e. The number of carboxylic acid groups (broad SMARTS) is 1. The maximum atomic E-state index is 12.8. The summed E-state index contributed by atoms with van der Waals surface area (Å²) in [5.74, 6) is -1.05. The third-order valence-electron chi connectivity index (χ3n) is 5.68. The molecule has 2 N–H and O–H groups in total. The first kappa shape index (κ1) is 24.0. The molecule has 4 rings (SSSR count). The van der Waals surface area contributed by atoms with Crippen LogP contribution in [0.25, 0.3) is 11.1 Å². The van der Waals surface area contributed by atoms with Gasteiger partial charge in [0.2, 0.25) is 0 Å². The van der Waals surface area contributed by atoms with Crippen LogP contribution in [0.2, 0.25) is 0 Å². The summed E-state index contributed by atoms with van der Waals surface area (Å²) in [5, 5.41) is 14.0. The molecule has 0 amide bonds. The lowest BCUT2D eigenvalue weighted by molar-refractivity contribution is 0.0697. The van der Waals surface area contributed by atoms with E-state index < -0.39 is 16.0 Å². The van der Waals surface area contributed by atoms with E-state index in [0.29, 0.717) is 23.0 Å². The van der Waals surface area contributed by atoms with E-state index in [2.05, 4.69) is 26.6 Å². The second-order valence-corrected chi connectivity index (χ2v) is 9.81. The molecule has 0 bridgehead atoms. The lowest BCUT2D eigenvalue weighted by Crippen LogP contribution is -2.23. The number of benzene rings is 3. The normalized spacial score (nSPS) is 11.1. The molecule has 1 heterocycles. The van der Waals surface area contributed by atoms with Crippen LogP contribution in [-0.2, 0) is 16.6 Å². The number of aryl methyl sites for hydroxylation is 2. The van der Waals surface area contributed by atoms with E-state index in [-0.39, 0.29) is 10.5 Å². The number of aromatic nitrogens is 1. The van der Waals surface area contributed by atoms with Crippen molar-refractivity contribution in [2.75, 3.05) is 0 Å². The lowest BCUT2D eigenvalue weighted by atomic mass is 10.00. The van der Waals surface area contributed by atoms with Crippen molar-refractivity contribution in [2.24, 2.45) is 5.10 Å². The molecule has 0 radical (unpaired) electrons.